The SMILES string of the molecule is CC1(c2ccc(F)cc2)NC(=O)N(CC(=O)Nc2ccc3nc(-c4ccco4)[nH]c3c2)C1=O. The van der Waals surface area contributed by atoms with Crippen molar-refractivity contribution < 1.29 is 23.2 Å². The van der Waals surface area contributed by atoms with Crippen molar-refractivity contribution in [1.29, 1.82) is 0 Å². The zero-order chi connectivity index (χ0) is 23.2. The molecule has 3 heterocycles. The topological polar surface area (TPSA) is 120 Å². The van der Waals surface area contributed by atoms with E-state index in [9.17, 15) is 18.8 Å². The largest absolute Gasteiger partial charge is 0.461 e. The van der Waals surface area contributed by atoms with Crippen LogP contribution in [0, 0.1) is 5.82 Å². The Morgan fingerprint density at radius 2 is 1.97 bits per heavy atom. The van der Waals surface area contributed by atoms with E-state index in [0.29, 0.717) is 33.9 Å². The lowest BCUT2D eigenvalue weighted by Gasteiger charge is -2.22. The maximum Gasteiger partial charge on any atom is 0.325 e. The number of hydrogen-bond donors (Lipinski definition) is 3. The molecule has 1 aliphatic heterocycles. The third-order valence-corrected chi connectivity index (χ3v) is 5.52. The molecule has 1 saturated heterocycles. The number of H-pyrrole nitrogens is 1. The Kier molecular flexibility index (Phi) is 4.70. The molecule has 10 heteroatoms. The molecule has 1 fully saturated rings. The van der Waals surface area contributed by atoms with Gasteiger partial charge in [-0.15, -0.1) is 0 Å². The van der Waals surface area contributed by atoms with E-state index >= 15 is 0 Å². The molecule has 4 amide bonds. The van der Waals surface area contributed by atoms with Gasteiger partial charge in [0.15, 0.2) is 11.6 Å². The van der Waals surface area contributed by atoms with Gasteiger partial charge in [0.05, 0.1) is 17.3 Å². The number of fused-ring (bicyclic) bond motifs is 1. The molecule has 4 aromatic rings. The first-order valence-corrected chi connectivity index (χ1v) is 10.1. The van der Waals surface area contributed by atoms with E-state index in [0.717, 1.165) is 4.90 Å². The molecule has 0 bridgehead atoms. The molecule has 9 nitrogen and oxygen atoms in total. The Morgan fingerprint density at radius 3 is 2.70 bits per heavy atom. The monoisotopic (exact) mass is 447 g/mol. The summed E-state index contributed by atoms with van der Waals surface area (Å²) in [7, 11) is 0. The fourth-order valence-corrected chi connectivity index (χ4v) is 3.78. The standard InChI is InChI=1S/C23H18FN5O4/c1-23(13-4-6-14(24)7-5-13)21(31)29(22(32)28-23)12-19(30)25-15-8-9-16-17(11-15)27-20(26-16)18-3-2-10-33-18/h2-11H,12H2,1H3,(H,25,30)(H,26,27)(H,28,32). The number of nitrogens with zero attached hydrogens (tertiary/aromatic N) is 2. The summed E-state index contributed by atoms with van der Waals surface area (Å²) in [5.41, 5.74) is 0.863. The normalized spacial score (nSPS) is 18.1. The van der Waals surface area contributed by atoms with Gasteiger partial charge in [0.2, 0.25) is 5.91 Å². The zero-order valence-electron chi connectivity index (χ0n) is 17.4. The third-order valence-electron chi connectivity index (χ3n) is 5.52. The van der Waals surface area contributed by atoms with E-state index in [1.54, 1.807) is 36.6 Å². The smallest absolute Gasteiger partial charge is 0.325 e. The Labute approximate surface area is 186 Å². The highest BCUT2D eigenvalue weighted by Crippen LogP contribution is 2.29. The molecule has 0 saturated carbocycles. The van der Waals surface area contributed by atoms with Crippen LogP contribution >= 0.6 is 0 Å². The molecule has 3 N–H and O–H groups in total. The number of rotatable bonds is 5. The van der Waals surface area contributed by atoms with Crippen LogP contribution in [-0.4, -0.2) is 39.3 Å². The Balaban J connectivity index is 1.30. The second-order valence-electron chi connectivity index (χ2n) is 7.80. The Hall–Kier alpha value is -4.47. The van der Waals surface area contributed by atoms with Crippen molar-refractivity contribution in [3.05, 3.63) is 72.2 Å². The third kappa shape index (κ3) is 3.61. The molecule has 0 aliphatic carbocycles. The first-order chi connectivity index (χ1) is 15.8. The van der Waals surface area contributed by atoms with Gasteiger partial charge in [0.25, 0.3) is 5.91 Å². The van der Waals surface area contributed by atoms with Crippen LogP contribution in [0.1, 0.15) is 12.5 Å². The number of urea groups is 1. The number of halogens is 1. The van der Waals surface area contributed by atoms with Crippen LogP contribution in [-0.2, 0) is 15.1 Å². The highest BCUT2D eigenvalue weighted by Gasteiger charge is 2.49. The minimum absolute atomic E-state index is 0.419. The summed E-state index contributed by atoms with van der Waals surface area (Å²) in [5.74, 6) is -0.466. The number of aromatic amines is 1. The molecule has 1 unspecified atom stereocenters. The molecule has 5 rings (SSSR count). The fraction of sp³-hybridized carbons (Fsp3) is 0.130. The summed E-state index contributed by atoms with van der Waals surface area (Å²) in [6.07, 6.45) is 1.55. The van der Waals surface area contributed by atoms with Crippen LogP contribution in [0.15, 0.2) is 65.3 Å². The van der Waals surface area contributed by atoms with Gasteiger partial charge in [0.1, 0.15) is 17.9 Å². The molecule has 2 aromatic carbocycles. The van der Waals surface area contributed by atoms with Crippen molar-refractivity contribution in [2.45, 2.75) is 12.5 Å². The van der Waals surface area contributed by atoms with Gasteiger partial charge in [-0.2, -0.15) is 0 Å². The van der Waals surface area contributed by atoms with Gasteiger partial charge in [-0.25, -0.2) is 14.2 Å². The number of hydrogen-bond acceptors (Lipinski definition) is 5. The summed E-state index contributed by atoms with van der Waals surface area (Å²) in [6.45, 7) is 1.04. The van der Waals surface area contributed by atoms with Crippen LogP contribution in [0.4, 0.5) is 14.9 Å². The van der Waals surface area contributed by atoms with E-state index in [2.05, 4.69) is 20.6 Å². The predicted molar refractivity (Wildman–Crippen MR) is 116 cm³/mol. The highest BCUT2D eigenvalue weighted by molar-refractivity contribution is 6.10. The number of aromatic nitrogens is 2. The van der Waals surface area contributed by atoms with Crippen LogP contribution in [0.2, 0.25) is 0 Å². The Morgan fingerprint density at radius 1 is 1.18 bits per heavy atom. The van der Waals surface area contributed by atoms with Crippen LogP contribution in [0.3, 0.4) is 0 Å². The summed E-state index contributed by atoms with van der Waals surface area (Å²) in [4.78, 5) is 46.4. The van der Waals surface area contributed by atoms with Gasteiger partial charge in [-0.1, -0.05) is 12.1 Å². The highest BCUT2D eigenvalue weighted by atomic mass is 19.1. The first kappa shape index (κ1) is 20.4. The second kappa shape index (κ2) is 7.59. The molecule has 1 atom stereocenters. The minimum atomic E-state index is -1.39. The Bertz CT molecular complexity index is 1380. The zero-order valence-corrected chi connectivity index (χ0v) is 17.4. The number of imide groups is 1. The average molecular weight is 447 g/mol. The number of carbonyl (C=O) groups is 3. The van der Waals surface area contributed by atoms with Gasteiger partial charge < -0.3 is 20.0 Å². The van der Waals surface area contributed by atoms with Gasteiger partial charge in [-0.05, 0) is 55.0 Å². The van der Waals surface area contributed by atoms with Crippen molar-refractivity contribution >= 4 is 34.6 Å². The summed E-state index contributed by atoms with van der Waals surface area (Å²) in [5, 5.41) is 5.28. The minimum Gasteiger partial charge on any atom is -0.461 e. The molecule has 33 heavy (non-hydrogen) atoms. The van der Waals surface area contributed by atoms with Crippen LogP contribution in [0.5, 0.6) is 0 Å². The molecular weight excluding hydrogens is 429 g/mol. The molecule has 0 radical (unpaired) electrons. The van der Waals surface area contributed by atoms with Crippen LogP contribution in [0.25, 0.3) is 22.6 Å². The van der Waals surface area contributed by atoms with Gasteiger partial charge in [-0.3, -0.25) is 14.5 Å². The summed E-state index contributed by atoms with van der Waals surface area (Å²) < 4.78 is 18.6. The summed E-state index contributed by atoms with van der Waals surface area (Å²) in [6, 6.07) is 13.2. The van der Waals surface area contributed by atoms with Crippen molar-refractivity contribution in [2.75, 3.05) is 11.9 Å². The van der Waals surface area contributed by atoms with E-state index in [4.69, 9.17) is 4.42 Å². The average Bonchev–Trinajstić information content (AvgIpc) is 3.50. The molecule has 2 aromatic heterocycles. The fourth-order valence-electron chi connectivity index (χ4n) is 3.78. The lowest BCUT2D eigenvalue weighted by molar-refractivity contribution is -0.133. The van der Waals surface area contributed by atoms with Crippen LogP contribution < -0.4 is 10.6 Å². The number of furan rings is 1. The number of imidazole rings is 1. The van der Waals surface area contributed by atoms with E-state index in [1.807, 2.05) is 0 Å². The number of amides is 4. The molecular formula is C23H18FN5O4. The lowest BCUT2D eigenvalue weighted by atomic mass is 9.92. The maximum atomic E-state index is 13.3. The predicted octanol–water partition coefficient (Wildman–Crippen LogP) is 3.37. The lowest BCUT2D eigenvalue weighted by Crippen LogP contribution is -2.42. The number of anilines is 1. The molecule has 0 spiro atoms. The maximum absolute atomic E-state index is 13.3. The molecule has 1 aliphatic rings. The van der Waals surface area contributed by atoms with Gasteiger partial charge >= 0.3 is 6.03 Å². The van der Waals surface area contributed by atoms with Crippen molar-refractivity contribution in [1.82, 2.24) is 20.2 Å². The van der Waals surface area contributed by atoms with E-state index in [-0.39, 0.29) is 0 Å². The van der Waals surface area contributed by atoms with Crippen molar-refractivity contribution in [3.63, 3.8) is 0 Å². The molecule has 166 valence electrons. The van der Waals surface area contributed by atoms with Crippen molar-refractivity contribution in [2.24, 2.45) is 0 Å². The van der Waals surface area contributed by atoms with Gasteiger partial charge in [0, 0.05) is 5.69 Å². The number of benzene rings is 2. The quantitative estimate of drug-likeness (QED) is 0.405. The number of nitrogens with one attached hydrogen (secondary N) is 3. The summed E-state index contributed by atoms with van der Waals surface area (Å²) >= 11 is 0. The second-order valence-corrected chi connectivity index (χ2v) is 7.80. The van der Waals surface area contributed by atoms with E-state index < -0.39 is 35.7 Å². The number of carbonyl (C=O) groups excluding carboxylic acids is 3. The van der Waals surface area contributed by atoms with E-state index in [1.165, 1.54) is 31.2 Å². The van der Waals surface area contributed by atoms with Crippen molar-refractivity contribution in [3.8, 4) is 11.6 Å². The first-order valence-electron chi connectivity index (χ1n) is 10.1.